The Labute approximate surface area is 115 Å². The molecule has 5 nitrogen and oxygen atoms in total. The van der Waals surface area contributed by atoms with E-state index in [1.807, 2.05) is 31.2 Å². The molecule has 0 aliphatic carbocycles. The summed E-state index contributed by atoms with van der Waals surface area (Å²) in [6.07, 6.45) is 0. The van der Waals surface area contributed by atoms with E-state index >= 15 is 0 Å². The van der Waals surface area contributed by atoms with Crippen LogP contribution in [0.15, 0.2) is 30.3 Å². The van der Waals surface area contributed by atoms with Crippen LogP contribution in [-0.2, 0) is 4.74 Å². The Hall–Kier alpha value is -2.14. The first kappa shape index (κ1) is 13.3. The maximum Gasteiger partial charge on any atom is 0.360 e. The smallest absolute Gasteiger partial charge is 0.360 e. The third kappa shape index (κ3) is 3.20. The van der Waals surface area contributed by atoms with Gasteiger partial charge in [-0.2, -0.15) is 0 Å². The third-order valence-electron chi connectivity index (χ3n) is 2.47. The number of carbonyl (C=O) groups excluding carboxylic acids is 1. The summed E-state index contributed by atoms with van der Waals surface area (Å²) < 4.78 is 4.65. The molecule has 0 saturated carbocycles. The lowest BCUT2D eigenvalue weighted by Crippen LogP contribution is -2.09. The maximum atomic E-state index is 11.6. The van der Waals surface area contributed by atoms with Crippen LogP contribution in [0.25, 0.3) is 0 Å². The van der Waals surface area contributed by atoms with Gasteiger partial charge in [0.05, 0.1) is 12.8 Å². The fourth-order valence-electron chi connectivity index (χ4n) is 1.50. The Kier molecular flexibility index (Phi) is 3.97. The molecule has 1 aromatic heterocycles. The molecule has 2 rings (SSSR count). The van der Waals surface area contributed by atoms with Crippen LogP contribution in [-0.4, -0.2) is 23.3 Å². The van der Waals surface area contributed by atoms with E-state index in [9.17, 15) is 4.79 Å². The van der Waals surface area contributed by atoms with Crippen LogP contribution in [0.1, 0.15) is 16.1 Å². The number of rotatable bonds is 3. The highest BCUT2D eigenvalue weighted by Gasteiger charge is 2.15. The molecule has 2 aromatic rings. The summed E-state index contributed by atoms with van der Waals surface area (Å²) >= 11 is 5.79. The Morgan fingerprint density at radius 2 is 1.95 bits per heavy atom. The number of nitrogens with one attached hydrogen (secondary N) is 1. The number of ether oxygens (including phenoxy) is 1. The first-order valence-corrected chi connectivity index (χ1v) is 5.93. The molecule has 0 amide bonds. The molecule has 0 aliphatic heterocycles. The minimum atomic E-state index is -0.571. The van der Waals surface area contributed by atoms with Gasteiger partial charge >= 0.3 is 5.97 Å². The minimum absolute atomic E-state index is 0.0903. The van der Waals surface area contributed by atoms with Crippen LogP contribution < -0.4 is 5.32 Å². The van der Waals surface area contributed by atoms with Crippen molar-refractivity contribution in [3.8, 4) is 0 Å². The lowest BCUT2D eigenvalue weighted by atomic mass is 10.2. The maximum absolute atomic E-state index is 11.6. The number of esters is 1. The van der Waals surface area contributed by atoms with Crippen molar-refractivity contribution in [2.24, 2.45) is 0 Å². The number of halogens is 1. The van der Waals surface area contributed by atoms with Crippen LogP contribution in [0.2, 0.25) is 5.15 Å². The molecule has 0 radical (unpaired) electrons. The number of nitrogens with zero attached hydrogens (tertiary/aromatic N) is 2. The number of benzene rings is 1. The molecule has 0 unspecified atom stereocenters. The van der Waals surface area contributed by atoms with E-state index in [0.29, 0.717) is 5.69 Å². The highest BCUT2D eigenvalue weighted by molar-refractivity contribution is 6.29. The molecule has 1 N–H and O–H groups in total. The molecule has 98 valence electrons. The van der Waals surface area contributed by atoms with Gasteiger partial charge in [0, 0.05) is 11.8 Å². The normalized spacial score (nSPS) is 10.1. The predicted octanol–water partition coefficient (Wildman–Crippen LogP) is 2.97. The molecule has 0 spiro atoms. The predicted molar refractivity (Wildman–Crippen MR) is 72.8 cm³/mol. The fraction of sp³-hybridized carbons (Fsp3) is 0.154. The van der Waals surface area contributed by atoms with Crippen molar-refractivity contribution >= 4 is 28.9 Å². The monoisotopic (exact) mass is 277 g/mol. The van der Waals surface area contributed by atoms with Crippen LogP contribution in [0, 0.1) is 6.92 Å². The zero-order valence-electron chi connectivity index (χ0n) is 10.5. The summed E-state index contributed by atoms with van der Waals surface area (Å²) in [6.45, 7) is 1.99. The molecule has 1 heterocycles. The topological polar surface area (TPSA) is 64.1 Å². The number of hydrogen-bond donors (Lipinski definition) is 1. The number of aromatic nitrogens is 2. The van der Waals surface area contributed by atoms with E-state index in [2.05, 4.69) is 20.3 Å². The Morgan fingerprint density at radius 3 is 2.58 bits per heavy atom. The van der Waals surface area contributed by atoms with Crippen molar-refractivity contribution < 1.29 is 9.53 Å². The zero-order valence-corrected chi connectivity index (χ0v) is 11.2. The van der Waals surface area contributed by atoms with Gasteiger partial charge in [0.25, 0.3) is 0 Å². The second-order valence-electron chi connectivity index (χ2n) is 3.91. The average Bonchev–Trinajstić information content (AvgIpc) is 2.41. The molecular weight excluding hydrogens is 266 g/mol. The summed E-state index contributed by atoms with van der Waals surface area (Å²) in [5.41, 5.74) is 2.51. The van der Waals surface area contributed by atoms with Crippen molar-refractivity contribution in [3.05, 3.63) is 46.7 Å². The molecule has 6 heteroatoms. The molecule has 0 atom stereocenters. The van der Waals surface area contributed by atoms with Crippen LogP contribution in [0.3, 0.4) is 0 Å². The molecule has 0 aliphatic rings. The minimum Gasteiger partial charge on any atom is -0.464 e. The van der Waals surface area contributed by atoms with E-state index < -0.39 is 5.97 Å². The van der Waals surface area contributed by atoms with Gasteiger partial charge in [-0.3, -0.25) is 0 Å². The standard InChI is InChI=1S/C13H12ClN3O2/c1-8-3-5-9(6-4-8)15-10-7-11(14)16-17-12(10)13(18)19-2/h3-7H,1-2H3,(H,15,16). The van der Waals surface area contributed by atoms with Crippen molar-refractivity contribution in [1.29, 1.82) is 0 Å². The second kappa shape index (κ2) is 5.67. The van der Waals surface area contributed by atoms with Crippen molar-refractivity contribution in [3.63, 3.8) is 0 Å². The van der Waals surface area contributed by atoms with Gasteiger partial charge < -0.3 is 10.1 Å². The van der Waals surface area contributed by atoms with Gasteiger partial charge in [0.2, 0.25) is 0 Å². The molecule has 0 saturated heterocycles. The summed E-state index contributed by atoms with van der Waals surface area (Å²) in [4.78, 5) is 11.6. The Morgan fingerprint density at radius 1 is 1.26 bits per heavy atom. The molecule has 1 aromatic carbocycles. The highest BCUT2D eigenvalue weighted by Crippen LogP contribution is 2.22. The number of carbonyl (C=O) groups is 1. The summed E-state index contributed by atoms with van der Waals surface area (Å²) in [7, 11) is 1.29. The van der Waals surface area contributed by atoms with Gasteiger partial charge in [-0.15, -0.1) is 10.2 Å². The number of methoxy groups -OCH3 is 1. The van der Waals surface area contributed by atoms with Crippen LogP contribution in [0.5, 0.6) is 0 Å². The van der Waals surface area contributed by atoms with E-state index in [0.717, 1.165) is 11.3 Å². The first-order chi connectivity index (χ1) is 9.10. The average molecular weight is 278 g/mol. The lowest BCUT2D eigenvalue weighted by molar-refractivity contribution is 0.0594. The van der Waals surface area contributed by atoms with Crippen LogP contribution in [0.4, 0.5) is 11.4 Å². The van der Waals surface area contributed by atoms with Gasteiger partial charge in [-0.1, -0.05) is 29.3 Å². The Bertz CT molecular complexity index is 599. The van der Waals surface area contributed by atoms with E-state index in [-0.39, 0.29) is 10.8 Å². The number of anilines is 2. The van der Waals surface area contributed by atoms with Gasteiger partial charge in [0.15, 0.2) is 10.8 Å². The SMILES string of the molecule is COC(=O)c1nnc(Cl)cc1Nc1ccc(C)cc1. The zero-order chi connectivity index (χ0) is 13.8. The van der Waals surface area contributed by atoms with E-state index in [1.54, 1.807) is 0 Å². The number of hydrogen-bond acceptors (Lipinski definition) is 5. The van der Waals surface area contributed by atoms with E-state index in [1.165, 1.54) is 13.2 Å². The first-order valence-electron chi connectivity index (χ1n) is 5.55. The van der Waals surface area contributed by atoms with Crippen molar-refractivity contribution in [2.45, 2.75) is 6.92 Å². The van der Waals surface area contributed by atoms with Crippen molar-refractivity contribution in [1.82, 2.24) is 10.2 Å². The molecule has 0 fully saturated rings. The molecule has 0 bridgehead atoms. The summed E-state index contributed by atoms with van der Waals surface area (Å²) in [5, 5.41) is 10.6. The fourth-order valence-corrected chi connectivity index (χ4v) is 1.65. The summed E-state index contributed by atoms with van der Waals surface area (Å²) in [5.74, 6) is -0.571. The highest BCUT2D eigenvalue weighted by atomic mass is 35.5. The van der Waals surface area contributed by atoms with Crippen LogP contribution >= 0.6 is 11.6 Å². The summed E-state index contributed by atoms with van der Waals surface area (Å²) in [6, 6.07) is 9.23. The Balaban J connectivity index is 2.35. The quantitative estimate of drug-likeness (QED) is 0.874. The van der Waals surface area contributed by atoms with Gasteiger partial charge in [0.1, 0.15) is 0 Å². The van der Waals surface area contributed by atoms with Gasteiger partial charge in [-0.25, -0.2) is 4.79 Å². The van der Waals surface area contributed by atoms with E-state index in [4.69, 9.17) is 11.6 Å². The molecular formula is C13H12ClN3O2. The molecule has 19 heavy (non-hydrogen) atoms. The largest absolute Gasteiger partial charge is 0.464 e. The third-order valence-corrected chi connectivity index (χ3v) is 2.66. The second-order valence-corrected chi connectivity index (χ2v) is 4.30. The lowest BCUT2D eigenvalue weighted by Gasteiger charge is -2.09. The van der Waals surface area contributed by atoms with Crippen molar-refractivity contribution in [2.75, 3.05) is 12.4 Å². The van der Waals surface area contributed by atoms with Gasteiger partial charge in [-0.05, 0) is 19.1 Å². The number of aryl methyl sites for hydroxylation is 1.